The van der Waals surface area contributed by atoms with E-state index < -0.39 is 11.9 Å². The summed E-state index contributed by atoms with van der Waals surface area (Å²) in [6, 6.07) is 0. The van der Waals surface area contributed by atoms with Crippen molar-refractivity contribution in [1.82, 2.24) is 4.90 Å². The molecule has 0 bridgehead atoms. The number of hydrogen-bond acceptors (Lipinski definition) is 3. The molecule has 5 heteroatoms. The normalized spacial score (nSPS) is 11.9. The van der Waals surface area contributed by atoms with Crippen LogP contribution in [-0.4, -0.2) is 47.7 Å². The Morgan fingerprint density at radius 2 is 1.50 bits per heavy atom. The van der Waals surface area contributed by atoms with Crippen LogP contribution in [0.2, 0.25) is 0 Å². The fraction of sp³-hybridized carbons (Fsp3) is 0.538. The Kier molecular flexibility index (Phi) is 11.0. The van der Waals surface area contributed by atoms with Gasteiger partial charge in [-0.1, -0.05) is 12.2 Å². The van der Waals surface area contributed by atoms with E-state index in [-0.39, 0.29) is 0 Å². The van der Waals surface area contributed by atoms with Crippen molar-refractivity contribution < 1.29 is 19.8 Å². The average Bonchev–Trinajstić information content (AvgIpc) is 2.27. The maximum atomic E-state index is 10.3. The van der Waals surface area contributed by atoms with E-state index in [1.54, 1.807) is 32.9 Å². The molecule has 5 nitrogen and oxygen atoms in total. The first-order valence-corrected chi connectivity index (χ1v) is 5.63. The van der Waals surface area contributed by atoms with E-state index in [9.17, 15) is 9.59 Å². The molecule has 0 unspecified atom stereocenters. The lowest BCUT2D eigenvalue weighted by molar-refractivity contribution is -0.133. The molecular formula is C13H23NO4. The van der Waals surface area contributed by atoms with E-state index in [0.717, 1.165) is 13.0 Å². The summed E-state index contributed by atoms with van der Waals surface area (Å²) in [6.07, 6.45) is 4.09. The van der Waals surface area contributed by atoms with Crippen LogP contribution in [0.4, 0.5) is 0 Å². The quantitative estimate of drug-likeness (QED) is 0.737. The van der Waals surface area contributed by atoms with E-state index in [1.165, 1.54) is 0 Å². The number of carboxylic acid groups (broad SMARTS) is 2. The third-order valence-electron chi connectivity index (χ3n) is 2.13. The SMILES string of the molecule is CC(=CCCN(C)C)C(=O)O.CC=C(C)C(=O)O. The number of carboxylic acids is 2. The molecule has 2 N–H and O–H groups in total. The van der Waals surface area contributed by atoms with Gasteiger partial charge in [0, 0.05) is 17.7 Å². The monoisotopic (exact) mass is 257 g/mol. The summed E-state index contributed by atoms with van der Waals surface area (Å²) < 4.78 is 0. The Balaban J connectivity index is 0. The van der Waals surface area contributed by atoms with E-state index in [2.05, 4.69) is 0 Å². The molecule has 0 radical (unpaired) electrons. The van der Waals surface area contributed by atoms with Crippen LogP contribution in [0.5, 0.6) is 0 Å². The second-order valence-electron chi connectivity index (χ2n) is 4.06. The van der Waals surface area contributed by atoms with Gasteiger partial charge < -0.3 is 15.1 Å². The summed E-state index contributed by atoms with van der Waals surface area (Å²) in [5.74, 6) is -1.67. The molecule has 0 saturated carbocycles. The number of rotatable bonds is 5. The van der Waals surface area contributed by atoms with E-state index in [0.29, 0.717) is 11.1 Å². The fourth-order valence-corrected chi connectivity index (χ4v) is 0.750. The van der Waals surface area contributed by atoms with Crippen LogP contribution in [0.3, 0.4) is 0 Å². The molecule has 0 saturated heterocycles. The van der Waals surface area contributed by atoms with Gasteiger partial charge in [-0.3, -0.25) is 0 Å². The first-order valence-electron chi connectivity index (χ1n) is 5.63. The predicted octanol–water partition coefficient (Wildman–Crippen LogP) is 2.01. The van der Waals surface area contributed by atoms with Crippen LogP contribution >= 0.6 is 0 Å². The number of aliphatic carboxylic acids is 2. The molecule has 0 aromatic heterocycles. The molecule has 0 aromatic carbocycles. The highest BCUT2D eigenvalue weighted by Gasteiger charge is 1.97. The van der Waals surface area contributed by atoms with Gasteiger partial charge >= 0.3 is 11.9 Å². The highest BCUT2D eigenvalue weighted by Crippen LogP contribution is 1.95. The minimum absolute atomic E-state index is 0.389. The largest absolute Gasteiger partial charge is 0.478 e. The molecule has 0 rings (SSSR count). The first kappa shape index (κ1) is 18.7. The lowest BCUT2D eigenvalue weighted by Crippen LogP contribution is -2.12. The Hall–Kier alpha value is -1.62. The van der Waals surface area contributed by atoms with Gasteiger partial charge in [-0.25, -0.2) is 9.59 Å². The van der Waals surface area contributed by atoms with Crippen molar-refractivity contribution in [3.05, 3.63) is 23.3 Å². The third-order valence-corrected chi connectivity index (χ3v) is 2.13. The van der Waals surface area contributed by atoms with Crippen molar-refractivity contribution in [1.29, 1.82) is 0 Å². The second kappa shape index (κ2) is 10.5. The van der Waals surface area contributed by atoms with Crippen LogP contribution in [0.1, 0.15) is 27.2 Å². The predicted molar refractivity (Wildman–Crippen MR) is 71.6 cm³/mol. The zero-order chi connectivity index (χ0) is 14.7. The number of hydrogen-bond donors (Lipinski definition) is 2. The van der Waals surface area contributed by atoms with E-state index in [4.69, 9.17) is 10.2 Å². The van der Waals surface area contributed by atoms with Crippen molar-refractivity contribution in [2.45, 2.75) is 27.2 Å². The Labute approximate surface area is 108 Å². The minimum atomic E-state index is -0.845. The fourth-order valence-electron chi connectivity index (χ4n) is 0.750. The van der Waals surface area contributed by atoms with Crippen molar-refractivity contribution in [2.24, 2.45) is 0 Å². The molecule has 18 heavy (non-hydrogen) atoms. The smallest absolute Gasteiger partial charge is 0.330 e. The summed E-state index contributed by atoms with van der Waals surface area (Å²) in [5.41, 5.74) is 0.812. The van der Waals surface area contributed by atoms with Crippen LogP contribution in [0.25, 0.3) is 0 Å². The van der Waals surface area contributed by atoms with Gasteiger partial charge in [0.25, 0.3) is 0 Å². The lowest BCUT2D eigenvalue weighted by atomic mass is 10.2. The number of nitrogens with zero attached hydrogens (tertiary/aromatic N) is 1. The molecular weight excluding hydrogens is 234 g/mol. The zero-order valence-electron chi connectivity index (χ0n) is 11.7. The first-order chi connectivity index (χ1) is 8.22. The van der Waals surface area contributed by atoms with Crippen LogP contribution in [-0.2, 0) is 9.59 Å². The maximum Gasteiger partial charge on any atom is 0.330 e. The van der Waals surface area contributed by atoms with E-state index in [1.807, 2.05) is 19.0 Å². The molecule has 0 aromatic rings. The molecule has 0 spiro atoms. The lowest BCUT2D eigenvalue weighted by Gasteiger charge is -2.05. The Morgan fingerprint density at radius 1 is 1.06 bits per heavy atom. The Morgan fingerprint density at radius 3 is 1.72 bits per heavy atom. The van der Waals surface area contributed by atoms with Crippen molar-refractivity contribution in [3.63, 3.8) is 0 Å². The molecule has 0 aliphatic heterocycles. The van der Waals surface area contributed by atoms with Crippen LogP contribution < -0.4 is 0 Å². The van der Waals surface area contributed by atoms with Crippen molar-refractivity contribution >= 4 is 11.9 Å². The molecule has 0 aliphatic carbocycles. The Bertz CT molecular complexity index is 330. The molecule has 0 fully saturated rings. The van der Waals surface area contributed by atoms with Gasteiger partial charge in [0.2, 0.25) is 0 Å². The van der Waals surface area contributed by atoms with Gasteiger partial charge in [0.1, 0.15) is 0 Å². The van der Waals surface area contributed by atoms with Crippen LogP contribution in [0, 0.1) is 0 Å². The van der Waals surface area contributed by atoms with Gasteiger partial charge in [0.05, 0.1) is 0 Å². The third kappa shape index (κ3) is 12.4. The van der Waals surface area contributed by atoms with Crippen molar-refractivity contribution in [3.8, 4) is 0 Å². The number of allylic oxidation sites excluding steroid dienone is 1. The maximum absolute atomic E-state index is 10.3. The summed E-state index contributed by atoms with van der Waals surface area (Å²) in [6.45, 7) is 5.76. The summed E-state index contributed by atoms with van der Waals surface area (Å²) in [4.78, 5) is 22.2. The van der Waals surface area contributed by atoms with Gasteiger partial charge in [-0.15, -0.1) is 0 Å². The second-order valence-corrected chi connectivity index (χ2v) is 4.06. The summed E-state index contributed by atoms with van der Waals surface area (Å²) in [5, 5.41) is 16.6. The average molecular weight is 257 g/mol. The molecule has 0 aliphatic rings. The topological polar surface area (TPSA) is 77.8 Å². The summed E-state index contributed by atoms with van der Waals surface area (Å²) >= 11 is 0. The highest BCUT2D eigenvalue weighted by molar-refractivity contribution is 5.85. The molecule has 104 valence electrons. The molecule has 0 amide bonds. The van der Waals surface area contributed by atoms with Crippen LogP contribution in [0.15, 0.2) is 23.3 Å². The number of carbonyl (C=O) groups is 2. The van der Waals surface area contributed by atoms with Gasteiger partial charge in [-0.05, 0) is 41.3 Å². The van der Waals surface area contributed by atoms with E-state index >= 15 is 0 Å². The standard InChI is InChI=1S/C8H15NO2.C5H8O2/c1-7(8(10)11)5-4-6-9(2)3;1-3-4(2)5(6)7/h5H,4,6H2,1-3H3,(H,10,11);3H,1-2H3,(H,6,7). The minimum Gasteiger partial charge on any atom is -0.478 e. The van der Waals surface area contributed by atoms with Gasteiger partial charge in [0.15, 0.2) is 0 Å². The molecule has 0 atom stereocenters. The highest BCUT2D eigenvalue weighted by atomic mass is 16.4. The summed E-state index contributed by atoms with van der Waals surface area (Å²) in [7, 11) is 3.92. The van der Waals surface area contributed by atoms with Gasteiger partial charge in [-0.2, -0.15) is 0 Å². The zero-order valence-corrected chi connectivity index (χ0v) is 11.7. The molecule has 0 heterocycles. The van der Waals surface area contributed by atoms with Crippen molar-refractivity contribution in [2.75, 3.05) is 20.6 Å².